The summed E-state index contributed by atoms with van der Waals surface area (Å²) in [6.45, 7) is 6.46. The molecule has 150 valence electrons. The summed E-state index contributed by atoms with van der Waals surface area (Å²) in [5.74, 6) is 0.163. The van der Waals surface area contributed by atoms with Crippen LogP contribution in [0.3, 0.4) is 0 Å². The van der Waals surface area contributed by atoms with Crippen LogP contribution < -0.4 is 5.32 Å². The Kier molecular flexibility index (Phi) is 7.53. The highest BCUT2D eigenvalue weighted by Gasteiger charge is 2.39. The van der Waals surface area contributed by atoms with Crippen molar-refractivity contribution >= 4 is 17.5 Å². The van der Waals surface area contributed by atoms with E-state index in [9.17, 15) is 4.79 Å². The van der Waals surface area contributed by atoms with E-state index in [0.717, 1.165) is 76.6 Å². The van der Waals surface area contributed by atoms with Crippen LogP contribution in [0.1, 0.15) is 31.2 Å². The van der Waals surface area contributed by atoms with Gasteiger partial charge in [-0.3, -0.25) is 9.69 Å². The normalized spacial score (nSPS) is 21.1. The standard InChI is InChI=1S/C21H32ClN3O2/c1-24-11-9-21(10-12-24,25-13-15-27-16-14-25)17-23-20(26)4-2-3-18-5-7-19(22)8-6-18/h5-8H,2-4,9-17H2,1H3,(H,23,26). The first-order chi connectivity index (χ1) is 13.1. The molecular formula is C21H32ClN3O2. The maximum absolute atomic E-state index is 12.4. The molecule has 1 N–H and O–H groups in total. The van der Waals surface area contributed by atoms with Gasteiger partial charge in [-0.1, -0.05) is 23.7 Å². The highest BCUT2D eigenvalue weighted by atomic mass is 35.5. The summed E-state index contributed by atoms with van der Waals surface area (Å²) in [6, 6.07) is 7.88. The molecule has 0 saturated carbocycles. The summed E-state index contributed by atoms with van der Waals surface area (Å²) < 4.78 is 5.54. The molecule has 3 rings (SSSR count). The van der Waals surface area contributed by atoms with Crippen LogP contribution in [-0.2, 0) is 16.0 Å². The molecule has 0 atom stereocenters. The SMILES string of the molecule is CN1CCC(CNC(=O)CCCc2ccc(Cl)cc2)(N2CCOCC2)CC1. The molecule has 0 aliphatic carbocycles. The topological polar surface area (TPSA) is 44.8 Å². The van der Waals surface area contributed by atoms with Gasteiger partial charge in [0.25, 0.3) is 0 Å². The van der Waals surface area contributed by atoms with E-state index in [4.69, 9.17) is 16.3 Å². The highest BCUT2D eigenvalue weighted by molar-refractivity contribution is 6.30. The van der Waals surface area contributed by atoms with Gasteiger partial charge in [0, 0.05) is 36.6 Å². The van der Waals surface area contributed by atoms with Crippen molar-refractivity contribution < 1.29 is 9.53 Å². The Bertz CT molecular complexity index is 594. The summed E-state index contributed by atoms with van der Waals surface area (Å²) in [4.78, 5) is 17.4. The fraction of sp³-hybridized carbons (Fsp3) is 0.667. The smallest absolute Gasteiger partial charge is 0.220 e. The number of hydrogen-bond acceptors (Lipinski definition) is 4. The molecule has 6 heteroatoms. The van der Waals surface area contributed by atoms with Crippen molar-refractivity contribution in [1.29, 1.82) is 0 Å². The van der Waals surface area contributed by atoms with Gasteiger partial charge in [-0.05, 0) is 63.5 Å². The van der Waals surface area contributed by atoms with Crippen molar-refractivity contribution in [3.8, 4) is 0 Å². The molecule has 1 amide bonds. The zero-order valence-electron chi connectivity index (χ0n) is 16.4. The summed E-state index contributed by atoms with van der Waals surface area (Å²) >= 11 is 5.92. The van der Waals surface area contributed by atoms with Crippen LogP contribution in [0.4, 0.5) is 0 Å². The number of aryl methyl sites for hydroxylation is 1. The van der Waals surface area contributed by atoms with Crippen LogP contribution >= 0.6 is 11.6 Å². The minimum Gasteiger partial charge on any atom is -0.379 e. The van der Waals surface area contributed by atoms with Gasteiger partial charge < -0.3 is 15.0 Å². The van der Waals surface area contributed by atoms with Crippen LogP contribution in [0.15, 0.2) is 24.3 Å². The number of nitrogens with zero attached hydrogens (tertiary/aromatic N) is 2. The molecule has 2 fully saturated rings. The Hall–Kier alpha value is -1.14. The minimum absolute atomic E-state index is 0.0854. The lowest BCUT2D eigenvalue weighted by Crippen LogP contribution is -2.62. The summed E-state index contributed by atoms with van der Waals surface area (Å²) in [5, 5.41) is 3.99. The number of rotatable bonds is 7. The molecule has 0 radical (unpaired) electrons. The van der Waals surface area contributed by atoms with Gasteiger partial charge in [0.15, 0.2) is 0 Å². The van der Waals surface area contributed by atoms with Gasteiger partial charge in [0.2, 0.25) is 5.91 Å². The molecule has 27 heavy (non-hydrogen) atoms. The Morgan fingerprint density at radius 3 is 2.48 bits per heavy atom. The summed E-state index contributed by atoms with van der Waals surface area (Å²) in [6.07, 6.45) is 4.55. The molecule has 1 aromatic rings. The van der Waals surface area contributed by atoms with Crippen LogP contribution in [-0.4, -0.2) is 74.2 Å². The van der Waals surface area contributed by atoms with Gasteiger partial charge in [-0.15, -0.1) is 0 Å². The van der Waals surface area contributed by atoms with Crippen molar-refractivity contribution in [2.75, 3.05) is 53.0 Å². The molecule has 2 aliphatic heterocycles. The van der Waals surface area contributed by atoms with E-state index in [0.29, 0.717) is 6.42 Å². The number of carbonyl (C=O) groups is 1. The summed E-state index contributed by atoms with van der Waals surface area (Å²) in [5.41, 5.74) is 1.31. The van der Waals surface area contributed by atoms with Crippen molar-refractivity contribution in [3.05, 3.63) is 34.9 Å². The number of amides is 1. The van der Waals surface area contributed by atoms with Gasteiger partial charge in [0.05, 0.1) is 13.2 Å². The lowest BCUT2D eigenvalue weighted by atomic mass is 9.85. The van der Waals surface area contributed by atoms with Gasteiger partial charge >= 0.3 is 0 Å². The number of nitrogens with one attached hydrogen (secondary N) is 1. The van der Waals surface area contributed by atoms with E-state index < -0.39 is 0 Å². The molecule has 0 aromatic heterocycles. The van der Waals surface area contributed by atoms with Crippen LogP contribution in [0.2, 0.25) is 5.02 Å². The molecule has 1 aromatic carbocycles. The number of likely N-dealkylation sites (tertiary alicyclic amines) is 1. The fourth-order valence-electron chi connectivity index (χ4n) is 4.13. The Balaban J connectivity index is 1.47. The number of hydrogen-bond donors (Lipinski definition) is 1. The predicted molar refractivity (Wildman–Crippen MR) is 109 cm³/mol. The summed E-state index contributed by atoms with van der Waals surface area (Å²) in [7, 11) is 2.18. The first kappa shape index (κ1) is 20.6. The van der Waals surface area contributed by atoms with E-state index >= 15 is 0 Å². The predicted octanol–water partition coefficient (Wildman–Crippen LogP) is 2.58. The van der Waals surface area contributed by atoms with E-state index in [1.807, 2.05) is 24.3 Å². The van der Waals surface area contributed by atoms with Gasteiger partial charge in [-0.25, -0.2) is 0 Å². The van der Waals surface area contributed by atoms with E-state index in [1.54, 1.807) is 0 Å². The maximum atomic E-state index is 12.4. The number of halogens is 1. The lowest BCUT2D eigenvalue weighted by Gasteiger charge is -2.49. The zero-order valence-corrected chi connectivity index (χ0v) is 17.1. The van der Waals surface area contributed by atoms with Crippen molar-refractivity contribution in [2.45, 2.75) is 37.6 Å². The molecule has 0 spiro atoms. The average molecular weight is 394 g/mol. The van der Waals surface area contributed by atoms with E-state index in [2.05, 4.69) is 22.2 Å². The zero-order chi connectivity index (χ0) is 19.1. The van der Waals surface area contributed by atoms with E-state index in [1.165, 1.54) is 5.56 Å². The molecule has 2 heterocycles. The van der Waals surface area contributed by atoms with Crippen molar-refractivity contribution in [1.82, 2.24) is 15.1 Å². The van der Waals surface area contributed by atoms with Gasteiger partial charge in [-0.2, -0.15) is 0 Å². The third kappa shape index (κ3) is 5.92. The second kappa shape index (κ2) is 9.87. The number of piperidine rings is 1. The first-order valence-corrected chi connectivity index (χ1v) is 10.5. The van der Waals surface area contributed by atoms with E-state index in [-0.39, 0.29) is 11.4 Å². The number of carbonyl (C=O) groups excluding carboxylic acids is 1. The Morgan fingerprint density at radius 2 is 1.81 bits per heavy atom. The third-order valence-electron chi connectivity index (χ3n) is 6.00. The molecule has 0 unspecified atom stereocenters. The van der Waals surface area contributed by atoms with Crippen LogP contribution in [0.5, 0.6) is 0 Å². The van der Waals surface area contributed by atoms with Crippen LogP contribution in [0.25, 0.3) is 0 Å². The first-order valence-electron chi connectivity index (χ1n) is 10.1. The molecule has 2 aliphatic rings. The Morgan fingerprint density at radius 1 is 1.15 bits per heavy atom. The number of benzene rings is 1. The average Bonchev–Trinajstić information content (AvgIpc) is 2.70. The molecule has 5 nitrogen and oxygen atoms in total. The van der Waals surface area contributed by atoms with Crippen molar-refractivity contribution in [2.24, 2.45) is 0 Å². The van der Waals surface area contributed by atoms with Crippen molar-refractivity contribution in [3.63, 3.8) is 0 Å². The fourth-order valence-corrected chi connectivity index (χ4v) is 4.26. The third-order valence-corrected chi connectivity index (χ3v) is 6.25. The minimum atomic E-state index is 0.0854. The number of morpholine rings is 1. The quantitative estimate of drug-likeness (QED) is 0.773. The number of ether oxygens (including phenoxy) is 1. The highest BCUT2D eigenvalue weighted by Crippen LogP contribution is 2.29. The van der Waals surface area contributed by atoms with Gasteiger partial charge in [0.1, 0.15) is 0 Å². The molecule has 0 bridgehead atoms. The molecular weight excluding hydrogens is 362 g/mol. The lowest BCUT2D eigenvalue weighted by molar-refractivity contribution is -0.122. The maximum Gasteiger partial charge on any atom is 0.220 e. The second-order valence-corrected chi connectivity index (χ2v) is 8.32. The monoisotopic (exact) mass is 393 g/mol. The Labute approximate surface area is 168 Å². The molecule has 2 saturated heterocycles. The second-order valence-electron chi connectivity index (χ2n) is 7.88. The largest absolute Gasteiger partial charge is 0.379 e. The van der Waals surface area contributed by atoms with Crippen LogP contribution in [0, 0.1) is 0 Å².